The van der Waals surface area contributed by atoms with E-state index in [1.54, 1.807) is 0 Å². The van der Waals surface area contributed by atoms with Crippen LogP contribution in [0.15, 0.2) is 54.6 Å². The Labute approximate surface area is 126 Å². The van der Waals surface area contributed by atoms with Gasteiger partial charge in [-0.1, -0.05) is 49.4 Å². The highest BCUT2D eigenvalue weighted by Crippen LogP contribution is 2.21. The van der Waals surface area contributed by atoms with Crippen molar-refractivity contribution >= 4 is 5.91 Å². The van der Waals surface area contributed by atoms with Gasteiger partial charge in [0.15, 0.2) is 0 Å². The number of likely N-dealkylation sites (tertiary alicyclic amines) is 1. The lowest BCUT2D eigenvalue weighted by Crippen LogP contribution is -2.37. The fourth-order valence-corrected chi connectivity index (χ4v) is 2.83. The van der Waals surface area contributed by atoms with Gasteiger partial charge in [0.25, 0.3) is 5.91 Å². The van der Waals surface area contributed by atoms with Gasteiger partial charge in [0.1, 0.15) is 0 Å². The molecule has 0 aliphatic carbocycles. The molecule has 0 radical (unpaired) electrons. The molecule has 1 aliphatic rings. The van der Waals surface area contributed by atoms with Gasteiger partial charge < -0.3 is 4.90 Å². The molecule has 1 amide bonds. The van der Waals surface area contributed by atoms with Gasteiger partial charge in [-0.25, -0.2) is 0 Å². The minimum atomic E-state index is 0.168. The van der Waals surface area contributed by atoms with Crippen molar-refractivity contribution in [2.75, 3.05) is 13.1 Å². The predicted molar refractivity (Wildman–Crippen MR) is 86.2 cm³/mol. The molecule has 0 atom stereocenters. The molecule has 2 heteroatoms. The molecule has 0 bridgehead atoms. The number of rotatable bonds is 2. The molecule has 1 heterocycles. The van der Waals surface area contributed by atoms with E-state index in [9.17, 15) is 4.79 Å². The van der Waals surface area contributed by atoms with Gasteiger partial charge in [-0.2, -0.15) is 0 Å². The van der Waals surface area contributed by atoms with Gasteiger partial charge in [0, 0.05) is 18.7 Å². The number of piperidine rings is 1. The molecule has 2 nitrogen and oxygen atoms in total. The van der Waals surface area contributed by atoms with Crippen LogP contribution in [0.25, 0.3) is 11.1 Å². The molecule has 0 aromatic heterocycles. The third-order valence-corrected chi connectivity index (χ3v) is 4.31. The van der Waals surface area contributed by atoms with E-state index in [-0.39, 0.29) is 5.91 Å². The molecule has 0 saturated carbocycles. The monoisotopic (exact) mass is 279 g/mol. The van der Waals surface area contributed by atoms with E-state index >= 15 is 0 Å². The zero-order chi connectivity index (χ0) is 14.7. The van der Waals surface area contributed by atoms with Crippen LogP contribution in [0.1, 0.15) is 30.1 Å². The Hall–Kier alpha value is -2.09. The molecule has 2 aromatic carbocycles. The highest BCUT2D eigenvalue weighted by molar-refractivity contribution is 5.94. The number of carbonyl (C=O) groups is 1. The summed E-state index contributed by atoms with van der Waals surface area (Å²) in [5, 5.41) is 0. The molecule has 0 unspecified atom stereocenters. The van der Waals surface area contributed by atoms with Crippen molar-refractivity contribution in [2.24, 2.45) is 5.92 Å². The van der Waals surface area contributed by atoms with Crippen molar-refractivity contribution in [3.63, 3.8) is 0 Å². The minimum absolute atomic E-state index is 0.168. The van der Waals surface area contributed by atoms with Gasteiger partial charge >= 0.3 is 0 Å². The highest BCUT2D eigenvalue weighted by Gasteiger charge is 2.21. The number of hydrogen-bond acceptors (Lipinski definition) is 1. The van der Waals surface area contributed by atoms with E-state index in [1.807, 2.05) is 47.4 Å². The number of nitrogens with zero attached hydrogens (tertiary/aromatic N) is 1. The second-order valence-electron chi connectivity index (χ2n) is 5.92. The summed E-state index contributed by atoms with van der Waals surface area (Å²) in [7, 11) is 0. The summed E-state index contributed by atoms with van der Waals surface area (Å²) >= 11 is 0. The summed E-state index contributed by atoms with van der Waals surface area (Å²) < 4.78 is 0. The van der Waals surface area contributed by atoms with E-state index in [4.69, 9.17) is 0 Å². The lowest BCUT2D eigenvalue weighted by molar-refractivity contribution is 0.0697. The summed E-state index contributed by atoms with van der Waals surface area (Å²) in [4.78, 5) is 14.5. The molecular weight excluding hydrogens is 258 g/mol. The molecule has 21 heavy (non-hydrogen) atoms. The maximum atomic E-state index is 12.5. The molecule has 108 valence electrons. The van der Waals surface area contributed by atoms with Crippen LogP contribution >= 0.6 is 0 Å². The average molecular weight is 279 g/mol. The zero-order valence-corrected chi connectivity index (χ0v) is 12.5. The van der Waals surface area contributed by atoms with Crippen LogP contribution < -0.4 is 0 Å². The van der Waals surface area contributed by atoms with Crippen molar-refractivity contribution in [3.8, 4) is 11.1 Å². The maximum Gasteiger partial charge on any atom is 0.253 e. The summed E-state index contributed by atoms with van der Waals surface area (Å²) in [6.45, 7) is 4.04. The van der Waals surface area contributed by atoms with Gasteiger partial charge in [-0.05, 0) is 42.0 Å². The standard InChI is InChI=1S/C19H21NO/c1-15-11-13-20(14-12-15)19(21)18-9-7-17(8-10-18)16-5-3-2-4-6-16/h2-10,15H,11-14H2,1H3. The predicted octanol–water partition coefficient (Wildman–Crippen LogP) is 4.23. The quantitative estimate of drug-likeness (QED) is 0.805. The lowest BCUT2D eigenvalue weighted by Gasteiger charge is -2.30. The fourth-order valence-electron chi connectivity index (χ4n) is 2.83. The van der Waals surface area contributed by atoms with Crippen molar-refractivity contribution in [3.05, 3.63) is 60.2 Å². The first-order chi connectivity index (χ1) is 10.2. The van der Waals surface area contributed by atoms with Crippen molar-refractivity contribution in [2.45, 2.75) is 19.8 Å². The summed E-state index contributed by atoms with van der Waals surface area (Å²) in [5.41, 5.74) is 3.13. The van der Waals surface area contributed by atoms with Crippen LogP contribution in [0.2, 0.25) is 0 Å². The highest BCUT2D eigenvalue weighted by atomic mass is 16.2. The molecule has 3 rings (SSSR count). The summed E-state index contributed by atoms with van der Waals surface area (Å²) in [6, 6.07) is 18.2. The first-order valence-corrected chi connectivity index (χ1v) is 7.69. The summed E-state index contributed by atoms with van der Waals surface area (Å²) in [6.07, 6.45) is 2.24. The Morgan fingerprint density at radius 1 is 0.905 bits per heavy atom. The molecular formula is C19H21NO. The Bertz CT molecular complexity index is 595. The van der Waals surface area contributed by atoms with E-state index in [0.29, 0.717) is 0 Å². The van der Waals surface area contributed by atoms with Crippen LogP contribution in [-0.4, -0.2) is 23.9 Å². The van der Waals surface area contributed by atoms with Gasteiger partial charge in [-0.15, -0.1) is 0 Å². The van der Waals surface area contributed by atoms with Gasteiger partial charge in [-0.3, -0.25) is 4.79 Å². The molecule has 2 aromatic rings. The largest absolute Gasteiger partial charge is 0.339 e. The maximum absolute atomic E-state index is 12.5. The number of carbonyl (C=O) groups excluding carboxylic acids is 1. The van der Waals surface area contributed by atoms with Crippen LogP contribution in [0.3, 0.4) is 0 Å². The van der Waals surface area contributed by atoms with E-state index in [0.717, 1.165) is 43.0 Å². The van der Waals surface area contributed by atoms with Crippen LogP contribution in [0, 0.1) is 5.92 Å². The van der Waals surface area contributed by atoms with Crippen molar-refractivity contribution in [1.29, 1.82) is 0 Å². The van der Waals surface area contributed by atoms with Crippen LogP contribution in [0.4, 0.5) is 0 Å². The number of amides is 1. The average Bonchev–Trinajstić information content (AvgIpc) is 2.56. The molecule has 1 aliphatic heterocycles. The molecule has 0 spiro atoms. The zero-order valence-electron chi connectivity index (χ0n) is 12.5. The van der Waals surface area contributed by atoms with Crippen molar-refractivity contribution < 1.29 is 4.79 Å². The van der Waals surface area contributed by atoms with Crippen LogP contribution in [-0.2, 0) is 0 Å². The number of hydrogen-bond donors (Lipinski definition) is 0. The van der Waals surface area contributed by atoms with E-state index in [2.05, 4.69) is 19.1 Å². The third-order valence-electron chi connectivity index (χ3n) is 4.31. The second kappa shape index (κ2) is 6.13. The second-order valence-corrected chi connectivity index (χ2v) is 5.92. The smallest absolute Gasteiger partial charge is 0.253 e. The first kappa shape index (κ1) is 13.9. The van der Waals surface area contributed by atoms with Crippen molar-refractivity contribution in [1.82, 2.24) is 4.90 Å². The Balaban J connectivity index is 1.73. The third kappa shape index (κ3) is 3.15. The summed E-state index contributed by atoms with van der Waals surface area (Å²) in [5.74, 6) is 0.913. The SMILES string of the molecule is CC1CCN(C(=O)c2ccc(-c3ccccc3)cc2)CC1. The topological polar surface area (TPSA) is 20.3 Å². The molecule has 1 fully saturated rings. The van der Waals surface area contributed by atoms with E-state index in [1.165, 1.54) is 5.56 Å². The number of benzene rings is 2. The lowest BCUT2D eigenvalue weighted by atomic mass is 9.98. The molecule has 0 N–H and O–H groups in total. The van der Waals surface area contributed by atoms with Gasteiger partial charge in [0.05, 0.1) is 0 Å². The Morgan fingerprint density at radius 3 is 2.10 bits per heavy atom. The Kier molecular flexibility index (Phi) is 4.05. The van der Waals surface area contributed by atoms with Crippen LogP contribution in [0.5, 0.6) is 0 Å². The van der Waals surface area contributed by atoms with Gasteiger partial charge in [0.2, 0.25) is 0 Å². The normalized spacial score (nSPS) is 16.0. The minimum Gasteiger partial charge on any atom is -0.339 e. The molecule has 1 saturated heterocycles. The first-order valence-electron chi connectivity index (χ1n) is 7.69. The Morgan fingerprint density at radius 2 is 1.48 bits per heavy atom. The van der Waals surface area contributed by atoms with E-state index < -0.39 is 0 Å². The fraction of sp³-hybridized carbons (Fsp3) is 0.316.